The molecule has 2 amide bonds. The fourth-order valence-electron chi connectivity index (χ4n) is 3.95. The summed E-state index contributed by atoms with van der Waals surface area (Å²) >= 11 is 6.31. The summed E-state index contributed by atoms with van der Waals surface area (Å²) in [5.74, 6) is -0.702. The Kier molecular flexibility index (Phi) is 7.44. The monoisotopic (exact) mass is 542 g/mol. The lowest BCUT2D eigenvalue weighted by molar-refractivity contribution is -0.142. The van der Waals surface area contributed by atoms with Crippen molar-refractivity contribution in [2.45, 2.75) is 38.8 Å². The van der Waals surface area contributed by atoms with Gasteiger partial charge in [0.15, 0.2) is 5.75 Å². The number of hydrogen-bond donors (Lipinski definition) is 4. The molecule has 1 aromatic carbocycles. The molecule has 0 fully saturated rings. The second kappa shape index (κ2) is 10.6. The van der Waals surface area contributed by atoms with Gasteiger partial charge in [0.05, 0.1) is 47.6 Å². The van der Waals surface area contributed by atoms with E-state index >= 15 is 0 Å². The molecule has 0 spiro atoms. The quantitative estimate of drug-likeness (QED) is 0.337. The molecule has 38 heavy (non-hydrogen) atoms. The number of nitrogens with zero attached hydrogens (tertiary/aromatic N) is 2. The van der Waals surface area contributed by atoms with Gasteiger partial charge in [-0.05, 0) is 39.0 Å². The first-order valence-corrected chi connectivity index (χ1v) is 11.9. The Bertz CT molecular complexity index is 1400. The number of rotatable bonds is 6. The number of hydrogen-bond acceptors (Lipinski definition) is 9. The average Bonchev–Trinajstić information content (AvgIpc) is 3.21. The Morgan fingerprint density at radius 2 is 1.95 bits per heavy atom. The topological polar surface area (TPSA) is 157 Å². The van der Waals surface area contributed by atoms with Crippen LogP contribution in [0.5, 0.6) is 5.75 Å². The second-order valence-corrected chi connectivity index (χ2v) is 9.73. The molecule has 12 nitrogen and oxygen atoms in total. The Balaban J connectivity index is 1.79. The first kappa shape index (κ1) is 26.7. The molecule has 0 bridgehead atoms. The lowest BCUT2D eigenvalue weighted by Gasteiger charge is -2.22. The van der Waals surface area contributed by atoms with Gasteiger partial charge in [-0.3, -0.25) is 10.1 Å². The van der Waals surface area contributed by atoms with Crippen molar-refractivity contribution in [2.24, 2.45) is 0 Å². The van der Waals surface area contributed by atoms with Crippen molar-refractivity contribution in [3.63, 3.8) is 0 Å². The minimum atomic E-state index is -0.866. The summed E-state index contributed by atoms with van der Waals surface area (Å²) in [5.41, 5.74) is 1.68. The van der Waals surface area contributed by atoms with Crippen LogP contribution in [0.2, 0.25) is 5.02 Å². The number of aromatic nitrogens is 3. The minimum Gasteiger partial charge on any atom is -0.493 e. The number of ether oxygens (including phenoxy) is 3. The molecule has 1 aliphatic heterocycles. The predicted octanol–water partition coefficient (Wildman–Crippen LogP) is 4.05. The van der Waals surface area contributed by atoms with Gasteiger partial charge in [0.25, 0.3) is 5.91 Å². The molecule has 2 aromatic heterocycles. The number of carbonyl (C=O) groups excluding carboxylic acids is 3. The van der Waals surface area contributed by atoms with Crippen LogP contribution in [0.4, 0.5) is 22.1 Å². The zero-order valence-corrected chi connectivity index (χ0v) is 22.1. The number of benzene rings is 1. The van der Waals surface area contributed by atoms with Crippen molar-refractivity contribution < 1.29 is 28.6 Å². The van der Waals surface area contributed by atoms with Gasteiger partial charge in [0.2, 0.25) is 5.95 Å². The highest BCUT2D eigenvalue weighted by atomic mass is 35.5. The molecule has 0 saturated heterocycles. The number of methoxy groups -OCH3 is 2. The molecule has 4 N–H and O–H groups in total. The van der Waals surface area contributed by atoms with E-state index in [1.54, 1.807) is 45.0 Å². The Hall–Kier alpha value is -4.32. The van der Waals surface area contributed by atoms with Crippen molar-refractivity contribution in [3.05, 3.63) is 46.7 Å². The van der Waals surface area contributed by atoms with E-state index in [9.17, 15) is 14.4 Å². The molecular formula is C25H27ClN6O6. The molecule has 0 saturated carbocycles. The highest BCUT2D eigenvalue weighted by molar-refractivity contribution is 6.32. The number of anilines is 3. The van der Waals surface area contributed by atoms with Crippen LogP contribution in [0.3, 0.4) is 0 Å². The Morgan fingerprint density at radius 3 is 2.63 bits per heavy atom. The lowest BCUT2D eigenvalue weighted by atomic mass is 10.0. The third kappa shape index (κ3) is 5.65. The van der Waals surface area contributed by atoms with Crippen LogP contribution >= 0.6 is 11.6 Å². The Morgan fingerprint density at radius 1 is 1.18 bits per heavy atom. The van der Waals surface area contributed by atoms with Crippen LogP contribution in [0.1, 0.15) is 36.8 Å². The number of halogens is 1. The van der Waals surface area contributed by atoms with E-state index < -0.39 is 29.6 Å². The SMILES string of the molecule is COC(=O)C1Cc2[nH]c(-c3ccnc(NC(=O)OC(C)(C)C)n3)c(Nc3cccc(Cl)c3OC)c2C(=O)N1. The summed E-state index contributed by atoms with van der Waals surface area (Å²) in [6.45, 7) is 5.21. The van der Waals surface area contributed by atoms with Crippen molar-refractivity contribution in [1.29, 1.82) is 0 Å². The number of para-hydroxylation sites is 1. The maximum Gasteiger partial charge on any atom is 0.414 e. The molecule has 0 radical (unpaired) electrons. The zero-order valence-electron chi connectivity index (χ0n) is 21.4. The highest BCUT2D eigenvalue weighted by Gasteiger charge is 2.35. The van der Waals surface area contributed by atoms with Crippen LogP contribution in [0.25, 0.3) is 11.4 Å². The number of nitrogens with one attached hydrogen (secondary N) is 4. The third-order valence-corrected chi connectivity index (χ3v) is 5.76. The largest absolute Gasteiger partial charge is 0.493 e. The van der Waals surface area contributed by atoms with Gasteiger partial charge in [-0.1, -0.05) is 17.7 Å². The number of esters is 1. The fourth-order valence-corrected chi connectivity index (χ4v) is 4.20. The van der Waals surface area contributed by atoms with Gasteiger partial charge in [-0.2, -0.15) is 0 Å². The van der Waals surface area contributed by atoms with E-state index in [2.05, 4.69) is 30.9 Å². The molecule has 3 aromatic rings. The van der Waals surface area contributed by atoms with E-state index in [1.807, 2.05) is 0 Å². The predicted molar refractivity (Wildman–Crippen MR) is 140 cm³/mol. The molecule has 13 heteroatoms. The summed E-state index contributed by atoms with van der Waals surface area (Å²) in [6.07, 6.45) is 0.891. The molecule has 0 aliphatic carbocycles. The van der Waals surface area contributed by atoms with E-state index in [4.69, 9.17) is 25.8 Å². The van der Waals surface area contributed by atoms with E-state index in [0.29, 0.717) is 39.2 Å². The molecule has 4 rings (SSSR count). The van der Waals surface area contributed by atoms with Gasteiger partial charge in [-0.15, -0.1) is 0 Å². The van der Waals surface area contributed by atoms with Crippen LogP contribution < -0.4 is 20.7 Å². The number of fused-ring (bicyclic) bond motifs is 1. The number of amides is 2. The summed E-state index contributed by atoms with van der Waals surface area (Å²) in [6, 6.07) is 5.88. The summed E-state index contributed by atoms with van der Waals surface area (Å²) in [7, 11) is 2.73. The summed E-state index contributed by atoms with van der Waals surface area (Å²) < 4.78 is 15.5. The maximum atomic E-state index is 13.2. The van der Waals surface area contributed by atoms with E-state index in [-0.39, 0.29) is 17.9 Å². The number of aromatic amines is 1. The van der Waals surface area contributed by atoms with Crippen molar-refractivity contribution >= 4 is 46.9 Å². The smallest absolute Gasteiger partial charge is 0.414 e. The van der Waals surface area contributed by atoms with Gasteiger partial charge in [-0.25, -0.2) is 19.6 Å². The minimum absolute atomic E-state index is 0.00695. The molecule has 1 atom stereocenters. The van der Waals surface area contributed by atoms with Crippen LogP contribution in [-0.4, -0.2) is 58.8 Å². The van der Waals surface area contributed by atoms with Crippen molar-refractivity contribution in [2.75, 3.05) is 24.9 Å². The van der Waals surface area contributed by atoms with Crippen molar-refractivity contribution in [1.82, 2.24) is 20.3 Å². The van der Waals surface area contributed by atoms with Crippen LogP contribution in [0.15, 0.2) is 30.5 Å². The average molecular weight is 543 g/mol. The third-order valence-electron chi connectivity index (χ3n) is 5.46. The molecule has 200 valence electrons. The fraction of sp³-hybridized carbons (Fsp3) is 0.320. The van der Waals surface area contributed by atoms with Gasteiger partial charge < -0.3 is 29.8 Å². The normalized spacial score (nSPS) is 14.7. The lowest BCUT2D eigenvalue weighted by Crippen LogP contribution is -2.46. The first-order valence-electron chi connectivity index (χ1n) is 11.6. The molecule has 1 aliphatic rings. The number of carbonyl (C=O) groups is 3. The number of H-pyrrole nitrogens is 1. The highest BCUT2D eigenvalue weighted by Crippen LogP contribution is 2.40. The zero-order chi connectivity index (χ0) is 27.6. The van der Waals surface area contributed by atoms with Gasteiger partial charge in [0.1, 0.15) is 11.6 Å². The second-order valence-electron chi connectivity index (χ2n) is 9.32. The van der Waals surface area contributed by atoms with Gasteiger partial charge in [0, 0.05) is 18.3 Å². The maximum absolute atomic E-state index is 13.2. The standard InChI is InChI=1S/C25H27ClN6O6/c1-25(2,3)38-24(35)32-23-27-10-9-13(31-23)18-19(28-14-8-6-7-12(26)20(14)36-4)17-15(29-18)11-16(22(34)37-5)30-21(17)33/h6-10,16,28-29H,11H2,1-5H3,(H,30,33)(H,27,31,32,35). The molecule has 1 unspecified atom stereocenters. The molecule has 3 heterocycles. The van der Waals surface area contributed by atoms with E-state index in [0.717, 1.165) is 0 Å². The first-order chi connectivity index (χ1) is 18.0. The van der Waals surface area contributed by atoms with Crippen molar-refractivity contribution in [3.8, 4) is 17.1 Å². The summed E-state index contributed by atoms with van der Waals surface area (Å²) in [5, 5.41) is 8.78. The van der Waals surface area contributed by atoms with Gasteiger partial charge >= 0.3 is 12.1 Å². The summed E-state index contributed by atoms with van der Waals surface area (Å²) in [4.78, 5) is 49.4. The van der Waals surface area contributed by atoms with Crippen LogP contribution in [-0.2, 0) is 20.7 Å². The molecular weight excluding hydrogens is 516 g/mol. The van der Waals surface area contributed by atoms with Crippen LogP contribution in [0, 0.1) is 0 Å². The Labute approximate surface area is 223 Å². The van der Waals surface area contributed by atoms with E-state index in [1.165, 1.54) is 20.4 Å².